The normalized spacial score (nSPS) is 15.0. The van der Waals surface area contributed by atoms with Gasteiger partial charge in [-0.3, -0.25) is 14.3 Å². The molecule has 0 aliphatic carbocycles. The number of rotatable bonds is 5. The van der Waals surface area contributed by atoms with Gasteiger partial charge in [-0.15, -0.1) is 0 Å². The van der Waals surface area contributed by atoms with Crippen LogP contribution in [0.5, 0.6) is 0 Å². The number of pyridine rings is 2. The van der Waals surface area contributed by atoms with E-state index in [4.69, 9.17) is 5.73 Å². The van der Waals surface area contributed by atoms with Crippen LogP contribution in [-0.4, -0.2) is 43.2 Å². The summed E-state index contributed by atoms with van der Waals surface area (Å²) in [5, 5.41) is 9.90. The number of benzene rings is 1. The zero-order valence-electron chi connectivity index (χ0n) is 21.2. The number of aryl methyl sites for hydroxylation is 2. The number of halogens is 2. The molecule has 0 saturated heterocycles. The lowest BCUT2D eigenvalue weighted by Gasteiger charge is -2.32. The lowest BCUT2D eigenvalue weighted by molar-refractivity contribution is 0.0696. The van der Waals surface area contributed by atoms with Crippen LogP contribution in [0.3, 0.4) is 0 Å². The molecule has 1 aliphatic heterocycles. The van der Waals surface area contributed by atoms with Crippen LogP contribution in [0.25, 0.3) is 22.3 Å². The highest BCUT2D eigenvalue weighted by Gasteiger charge is 2.25. The fourth-order valence-electron chi connectivity index (χ4n) is 5.27. The maximum Gasteiger partial charge on any atom is 0.335 e. The van der Waals surface area contributed by atoms with Gasteiger partial charge in [-0.2, -0.15) is 0 Å². The van der Waals surface area contributed by atoms with E-state index >= 15 is 0 Å². The summed E-state index contributed by atoms with van der Waals surface area (Å²) in [6, 6.07) is 7.20. The van der Waals surface area contributed by atoms with E-state index < -0.39 is 23.2 Å². The van der Waals surface area contributed by atoms with Crippen LogP contribution >= 0.6 is 0 Å². The number of nitrogen functional groups attached to an aromatic ring is 1. The van der Waals surface area contributed by atoms with E-state index in [-0.39, 0.29) is 17.3 Å². The Morgan fingerprint density at radius 3 is 2.61 bits per heavy atom. The SMILES string of the molecule is Cc1cc(C(=O)O)cc(F)c1C1=CCN([C@@H](C)c2cc3c(-n4cc(F)c(N)cc4=O)ccnc3n2C)CC1. The number of carbonyl (C=O) groups is 1. The maximum absolute atomic E-state index is 14.8. The van der Waals surface area contributed by atoms with E-state index in [0.717, 1.165) is 29.6 Å². The van der Waals surface area contributed by atoms with Crippen LogP contribution < -0.4 is 11.3 Å². The first-order valence-electron chi connectivity index (χ1n) is 12.2. The van der Waals surface area contributed by atoms with Crippen LogP contribution in [0.4, 0.5) is 14.5 Å². The number of carboxylic acid groups (broad SMARTS) is 1. The predicted molar refractivity (Wildman–Crippen MR) is 141 cm³/mol. The maximum atomic E-state index is 14.8. The molecule has 1 aliphatic rings. The molecule has 4 heterocycles. The van der Waals surface area contributed by atoms with Gasteiger partial charge >= 0.3 is 5.97 Å². The quantitative estimate of drug-likeness (QED) is 0.404. The summed E-state index contributed by atoms with van der Waals surface area (Å²) < 4.78 is 32.2. The molecule has 1 aromatic carbocycles. The number of fused-ring (bicyclic) bond motifs is 1. The summed E-state index contributed by atoms with van der Waals surface area (Å²) in [5.41, 5.74) is 8.86. The summed E-state index contributed by atoms with van der Waals surface area (Å²) in [5.74, 6) is -2.37. The van der Waals surface area contributed by atoms with Gasteiger partial charge in [-0.05, 0) is 55.7 Å². The van der Waals surface area contributed by atoms with Crippen molar-refractivity contribution in [1.82, 2.24) is 19.0 Å². The molecular weight excluding hydrogens is 492 g/mol. The minimum absolute atomic E-state index is 0.0416. The predicted octanol–water partition coefficient (Wildman–Crippen LogP) is 4.44. The molecule has 0 spiro atoms. The summed E-state index contributed by atoms with van der Waals surface area (Å²) in [7, 11) is 1.89. The second-order valence-electron chi connectivity index (χ2n) is 9.59. The Labute approximate surface area is 217 Å². The van der Waals surface area contributed by atoms with Gasteiger partial charge < -0.3 is 15.4 Å². The van der Waals surface area contributed by atoms with Crippen LogP contribution in [0.2, 0.25) is 0 Å². The van der Waals surface area contributed by atoms with Crippen LogP contribution in [0.1, 0.15) is 46.6 Å². The zero-order chi connectivity index (χ0) is 27.3. The van der Waals surface area contributed by atoms with Gasteiger partial charge in [0.1, 0.15) is 11.5 Å². The third-order valence-electron chi connectivity index (χ3n) is 7.31. The van der Waals surface area contributed by atoms with Crippen LogP contribution in [-0.2, 0) is 7.05 Å². The number of aromatic carboxylic acids is 1. The molecule has 38 heavy (non-hydrogen) atoms. The minimum Gasteiger partial charge on any atom is -0.478 e. The van der Waals surface area contributed by atoms with Gasteiger partial charge in [-0.1, -0.05) is 6.08 Å². The van der Waals surface area contributed by atoms with Gasteiger partial charge in [0.15, 0.2) is 5.82 Å². The molecule has 4 aromatic rings. The number of aromatic nitrogens is 3. The Morgan fingerprint density at radius 1 is 1.18 bits per heavy atom. The average molecular weight is 520 g/mol. The molecular formula is C28H27F2N5O3. The summed E-state index contributed by atoms with van der Waals surface area (Å²) in [6.45, 7) is 5.02. The molecule has 196 valence electrons. The fraction of sp³-hybridized carbons (Fsp3) is 0.250. The first-order chi connectivity index (χ1) is 18.1. The van der Waals surface area contributed by atoms with Crippen molar-refractivity contribution in [1.29, 1.82) is 0 Å². The number of nitrogens with two attached hydrogens (primary N) is 1. The Balaban J connectivity index is 1.46. The third kappa shape index (κ3) is 4.26. The highest BCUT2D eigenvalue weighted by atomic mass is 19.1. The number of carboxylic acids is 1. The van der Waals surface area contributed by atoms with E-state index in [0.29, 0.717) is 47.4 Å². The van der Waals surface area contributed by atoms with Gasteiger partial charge in [0.2, 0.25) is 0 Å². The van der Waals surface area contributed by atoms with E-state index in [9.17, 15) is 23.5 Å². The van der Waals surface area contributed by atoms with E-state index in [1.165, 1.54) is 10.6 Å². The monoisotopic (exact) mass is 519 g/mol. The highest BCUT2D eigenvalue weighted by molar-refractivity contribution is 5.89. The number of anilines is 1. The van der Waals surface area contributed by atoms with Crippen molar-refractivity contribution < 1.29 is 18.7 Å². The molecule has 3 aromatic heterocycles. The number of nitrogens with zero attached hydrogens (tertiary/aromatic N) is 4. The minimum atomic E-state index is -1.16. The molecule has 5 rings (SSSR count). The van der Waals surface area contributed by atoms with E-state index in [1.54, 1.807) is 19.2 Å². The van der Waals surface area contributed by atoms with Gasteiger partial charge in [-0.25, -0.2) is 18.6 Å². The first-order valence-corrected chi connectivity index (χ1v) is 12.2. The Bertz CT molecular complexity index is 1670. The van der Waals surface area contributed by atoms with Crippen molar-refractivity contribution in [2.75, 3.05) is 18.8 Å². The summed E-state index contributed by atoms with van der Waals surface area (Å²) >= 11 is 0. The van der Waals surface area contributed by atoms with Crippen molar-refractivity contribution in [3.8, 4) is 5.69 Å². The molecule has 0 unspecified atom stereocenters. The first kappa shape index (κ1) is 25.3. The lowest BCUT2D eigenvalue weighted by Crippen LogP contribution is -2.32. The molecule has 0 saturated carbocycles. The summed E-state index contributed by atoms with van der Waals surface area (Å²) in [4.78, 5) is 30.6. The Kier molecular flexibility index (Phi) is 6.36. The Morgan fingerprint density at radius 2 is 1.95 bits per heavy atom. The van der Waals surface area contributed by atoms with Crippen molar-refractivity contribution in [3.05, 3.63) is 93.2 Å². The average Bonchev–Trinajstić information content (AvgIpc) is 3.22. The van der Waals surface area contributed by atoms with Crippen molar-refractivity contribution in [2.24, 2.45) is 7.05 Å². The lowest BCUT2D eigenvalue weighted by atomic mass is 9.93. The molecule has 0 amide bonds. The van der Waals surface area contributed by atoms with Crippen LogP contribution in [0, 0.1) is 18.6 Å². The van der Waals surface area contributed by atoms with Crippen molar-refractivity contribution >= 4 is 28.3 Å². The largest absolute Gasteiger partial charge is 0.478 e. The number of hydrogen-bond acceptors (Lipinski definition) is 5. The fourth-order valence-corrected chi connectivity index (χ4v) is 5.27. The third-order valence-corrected chi connectivity index (χ3v) is 7.31. The molecule has 10 heteroatoms. The second-order valence-corrected chi connectivity index (χ2v) is 9.59. The highest BCUT2D eigenvalue weighted by Crippen LogP contribution is 2.34. The molecule has 3 N–H and O–H groups in total. The van der Waals surface area contributed by atoms with Gasteiger partial charge in [0.05, 0.1) is 23.1 Å². The smallest absolute Gasteiger partial charge is 0.335 e. The second kappa shape index (κ2) is 9.53. The van der Waals surface area contributed by atoms with Gasteiger partial charge in [0, 0.05) is 55.1 Å². The molecule has 0 radical (unpaired) electrons. The molecule has 0 bridgehead atoms. The molecule has 1 atom stereocenters. The van der Waals surface area contributed by atoms with Crippen LogP contribution in [0.15, 0.2) is 53.6 Å². The van der Waals surface area contributed by atoms with Gasteiger partial charge in [0.25, 0.3) is 5.56 Å². The topological polar surface area (TPSA) is 106 Å². The van der Waals surface area contributed by atoms with E-state index in [1.807, 2.05) is 23.8 Å². The summed E-state index contributed by atoms with van der Waals surface area (Å²) in [6.07, 6.45) is 5.25. The number of hydrogen-bond donors (Lipinski definition) is 2. The standard InChI is InChI=1S/C28H27F2N5O3/c1-15-10-18(28(37)38)11-20(29)26(15)17-5-8-34(9-6-17)16(2)24-12-19-23(4-7-32-27(19)33(24)3)35-14-21(30)22(31)13-25(35)36/h4-5,7,10-14,16H,6,8-9,31H2,1-3H3,(H,37,38)/t16-/m0/s1. The zero-order valence-corrected chi connectivity index (χ0v) is 21.2. The molecule has 8 nitrogen and oxygen atoms in total. The molecule has 0 fully saturated rings. The Hall–Kier alpha value is -4.31. The van der Waals surface area contributed by atoms with Crippen molar-refractivity contribution in [2.45, 2.75) is 26.3 Å². The van der Waals surface area contributed by atoms with E-state index in [2.05, 4.69) is 16.8 Å². The van der Waals surface area contributed by atoms with Crippen molar-refractivity contribution in [3.63, 3.8) is 0 Å².